The lowest BCUT2D eigenvalue weighted by molar-refractivity contribution is 0.349. The minimum Gasteiger partial charge on any atom is -0.270 e. The molecule has 0 spiro atoms. The largest absolute Gasteiger partial charge is 0.301 e. The van der Waals surface area contributed by atoms with Crippen molar-refractivity contribution in [2.45, 2.75) is 19.3 Å². The van der Waals surface area contributed by atoms with E-state index in [4.69, 9.17) is 5.26 Å². The second-order valence-corrected chi connectivity index (χ2v) is 6.95. The fourth-order valence-corrected chi connectivity index (χ4v) is 3.68. The molecule has 0 radical (unpaired) electrons. The van der Waals surface area contributed by atoms with Crippen LogP contribution in [0.1, 0.15) is 24.8 Å². The molecule has 0 saturated carbocycles. The van der Waals surface area contributed by atoms with Gasteiger partial charge < -0.3 is 0 Å². The third-order valence-electron chi connectivity index (χ3n) is 3.00. The van der Waals surface area contributed by atoms with E-state index in [1.54, 1.807) is 18.2 Å². The highest BCUT2D eigenvalue weighted by molar-refractivity contribution is 9.10. The van der Waals surface area contributed by atoms with E-state index in [2.05, 4.69) is 20.7 Å². The van der Waals surface area contributed by atoms with Crippen molar-refractivity contribution in [3.8, 4) is 6.07 Å². The summed E-state index contributed by atoms with van der Waals surface area (Å²) in [6, 6.07) is 6.87. The number of benzene rings is 1. The Bertz CT molecular complexity index is 604. The van der Waals surface area contributed by atoms with E-state index in [1.165, 1.54) is 4.31 Å². The summed E-state index contributed by atoms with van der Waals surface area (Å²) in [5, 5.41) is 9.00. The van der Waals surface area contributed by atoms with Crippen LogP contribution >= 0.6 is 15.9 Å². The van der Waals surface area contributed by atoms with Gasteiger partial charge in [0.1, 0.15) is 6.07 Å². The van der Waals surface area contributed by atoms with E-state index < -0.39 is 10.2 Å². The molecule has 19 heavy (non-hydrogen) atoms. The van der Waals surface area contributed by atoms with E-state index in [9.17, 15) is 8.42 Å². The molecule has 0 unspecified atom stereocenters. The number of rotatable bonds is 3. The number of hydrogen-bond acceptors (Lipinski definition) is 3. The van der Waals surface area contributed by atoms with Crippen LogP contribution in [-0.4, -0.2) is 25.8 Å². The summed E-state index contributed by atoms with van der Waals surface area (Å²) in [4.78, 5) is 0. The van der Waals surface area contributed by atoms with Gasteiger partial charge in [-0.25, -0.2) is 0 Å². The Labute approximate surface area is 121 Å². The quantitative estimate of drug-likeness (QED) is 0.915. The van der Waals surface area contributed by atoms with Crippen molar-refractivity contribution in [1.82, 2.24) is 4.31 Å². The van der Waals surface area contributed by atoms with Crippen molar-refractivity contribution >= 4 is 31.8 Å². The molecule has 5 nitrogen and oxygen atoms in total. The zero-order valence-corrected chi connectivity index (χ0v) is 12.7. The summed E-state index contributed by atoms with van der Waals surface area (Å²) in [7, 11) is -3.57. The molecule has 0 aromatic heterocycles. The Balaban J connectivity index is 2.25. The van der Waals surface area contributed by atoms with Gasteiger partial charge in [-0.3, -0.25) is 4.72 Å². The number of nitrogens with one attached hydrogen (secondary N) is 1. The summed E-state index contributed by atoms with van der Waals surface area (Å²) in [6.07, 6.45) is 2.82. The predicted octanol–water partition coefficient (Wildman–Crippen LogP) is 2.46. The molecule has 1 heterocycles. The summed E-state index contributed by atoms with van der Waals surface area (Å²) >= 11 is 3.27. The average molecular weight is 344 g/mol. The SMILES string of the molecule is N#Cc1ccc(Br)cc1NS(=O)(=O)N1CCCCC1. The van der Waals surface area contributed by atoms with E-state index in [0.29, 0.717) is 24.3 Å². The first-order valence-corrected chi connectivity index (χ1v) is 8.24. The van der Waals surface area contributed by atoms with Crippen molar-refractivity contribution in [2.75, 3.05) is 17.8 Å². The van der Waals surface area contributed by atoms with Crippen LogP contribution in [-0.2, 0) is 10.2 Å². The first kappa shape index (κ1) is 14.3. The maximum absolute atomic E-state index is 12.2. The number of nitrogens with zero attached hydrogens (tertiary/aromatic N) is 2. The van der Waals surface area contributed by atoms with Crippen LogP contribution < -0.4 is 4.72 Å². The van der Waals surface area contributed by atoms with Crippen LogP contribution in [0, 0.1) is 11.3 Å². The molecule has 1 aromatic rings. The molecule has 102 valence electrons. The highest BCUT2D eigenvalue weighted by Crippen LogP contribution is 2.23. The van der Waals surface area contributed by atoms with Crippen LogP contribution in [0.4, 0.5) is 5.69 Å². The molecule has 1 aromatic carbocycles. The van der Waals surface area contributed by atoms with E-state index in [1.807, 2.05) is 6.07 Å². The van der Waals surface area contributed by atoms with Gasteiger partial charge in [-0.15, -0.1) is 0 Å². The second kappa shape index (κ2) is 5.90. The molecular formula is C12H14BrN3O2S. The fourth-order valence-electron chi connectivity index (χ4n) is 2.01. The molecule has 1 fully saturated rings. The van der Waals surface area contributed by atoms with Crippen LogP contribution in [0.25, 0.3) is 0 Å². The van der Waals surface area contributed by atoms with Crippen molar-refractivity contribution in [3.05, 3.63) is 28.2 Å². The fraction of sp³-hybridized carbons (Fsp3) is 0.417. The van der Waals surface area contributed by atoms with Gasteiger partial charge in [-0.1, -0.05) is 22.4 Å². The lowest BCUT2D eigenvalue weighted by Gasteiger charge is -2.26. The maximum atomic E-state index is 12.2. The summed E-state index contributed by atoms with van der Waals surface area (Å²) < 4.78 is 29.1. The molecule has 7 heteroatoms. The molecule has 0 amide bonds. The van der Waals surface area contributed by atoms with Crippen molar-refractivity contribution in [1.29, 1.82) is 5.26 Å². The van der Waals surface area contributed by atoms with Crippen LogP contribution in [0.5, 0.6) is 0 Å². The molecule has 1 N–H and O–H groups in total. The Kier molecular flexibility index (Phi) is 4.45. The Morgan fingerprint density at radius 1 is 1.26 bits per heavy atom. The lowest BCUT2D eigenvalue weighted by Crippen LogP contribution is -2.39. The second-order valence-electron chi connectivity index (χ2n) is 4.37. The molecule has 0 bridgehead atoms. The molecule has 1 aliphatic rings. The molecule has 1 saturated heterocycles. The molecule has 0 aliphatic carbocycles. The molecule has 0 atom stereocenters. The Morgan fingerprint density at radius 2 is 1.95 bits per heavy atom. The van der Waals surface area contributed by atoms with Gasteiger partial charge in [0, 0.05) is 17.6 Å². The number of nitriles is 1. The van der Waals surface area contributed by atoms with Gasteiger partial charge in [0.05, 0.1) is 11.3 Å². The van der Waals surface area contributed by atoms with Crippen molar-refractivity contribution in [2.24, 2.45) is 0 Å². The highest BCUT2D eigenvalue weighted by Gasteiger charge is 2.24. The molecule has 1 aliphatic heterocycles. The van der Waals surface area contributed by atoms with Crippen LogP contribution in [0.15, 0.2) is 22.7 Å². The minimum absolute atomic E-state index is 0.308. The first-order chi connectivity index (χ1) is 9.03. The minimum atomic E-state index is -3.57. The van der Waals surface area contributed by atoms with Crippen molar-refractivity contribution in [3.63, 3.8) is 0 Å². The Hall–Kier alpha value is -1.10. The van der Waals surface area contributed by atoms with Crippen LogP contribution in [0.3, 0.4) is 0 Å². The lowest BCUT2D eigenvalue weighted by atomic mass is 10.2. The van der Waals surface area contributed by atoms with Gasteiger partial charge in [0.25, 0.3) is 0 Å². The van der Waals surface area contributed by atoms with E-state index in [0.717, 1.165) is 23.7 Å². The summed E-state index contributed by atoms with van der Waals surface area (Å²) in [5.41, 5.74) is 0.617. The third-order valence-corrected chi connectivity index (χ3v) is 5.01. The summed E-state index contributed by atoms with van der Waals surface area (Å²) in [6.45, 7) is 1.07. The van der Waals surface area contributed by atoms with E-state index >= 15 is 0 Å². The molecule has 2 rings (SSSR count). The third kappa shape index (κ3) is 3.47. The van der Waals surface area contributed by atoms with Crippen LogP contribution in [0.2, 0.25) is 0 Å². The van der Waals surface area contributed by atoms with Gasteiger partial charge >= 0.3 is 10.2 Å². The maximum Gasteiger partial charge on any atom is 0.301 e. The monoisotopic (exact) mass is 343 g/mol. The highest BCUT2D eigenvalue weighted by atomic mass is 79.9. The van der Waals surface area contributed by atoms with E-state index in [-0.39, 0.29) is 0 Å². The number of hydrogen-bond donors (Lipinski definition) is 1. The summed E-state index contributed by atoms with van der Waals surface area (Å²) in [5.74, 6) is 0. The molecular weight excluding hydrogens is 330 g/mol. The standard InChI is InChI=1S/C12H14BrN3O2S/c13-11-5-4-10(9-14)12(8-11)15-19(17,18)16-6-2-1-3-7-16/h4-5,8,15H,1-3,6-7H2. The van der Waals surface area contributed by atoms with Gasteiger partial charge in [-0.05, 0) is 31.0 Å². The normalized spacial score (nSPS) is 16.8. The smallest absolute Gasteiger partial charge is 0.270 e. The number of piperidine rings is 1. The zero-order chi connectivity index (χ0) is 13.9. The predicted molar refractivity (Wildman–Crippen MR) is 76.8 cm³/mol. The first-order valence-electron chi connectivity index (χ1n) is 6.00. The van der Waals surface area contributed by atoms with Gasteiger partial charge in [0.2, 0.25) is 0 Å². The topological polar surface area (TPSA) is 73.2 Å². The van der Waals surface area contributed by atoms with Gasteiger partial charge in [-0.2, -0.15) is 18.0 Å². The number of anilines is 1. The zero-order valence-electron chi connectivity index (χ0n) is 10.3. The van der Waals surface area contributed by atoms with Crippen molar-refractivity contribution < 1.29 is 8.42 Å². The Morgan fingerprint density at radius 3 is 2.58 bits per heavy atom. The van der Waals surface area contributed by atoms with Gasteiger partial charge in [0.15, 0.2) is 0 Å². The average Bonchev–Trinajstić information content (AvgIpc) is 2.39. The number of halogens is 1.